The summed E-state index contributed by atoms with van der Waals surface area (Å²) in [5, 5.41) is 4.86. The summed E-state index contributed by atoms with van der Waals surface area (Å²) in [5.74, 6) is 0.343. The largest absolute Gasteiger partial charge is 0.497 e. The van der Waals surface area contributed by atoms with Gasteiger partial charge in [0.15, 0.2) is 0 Å². The summed E-state index contributed by atoms with van der Waals surface area (Å²) in [6.07, 6.45) is 2.83. The smallest absolute Gasteiger partial charge is 0.251 e. The fourth-order valence-electron chi connectivity index (χ4n) is 3.66. The molecule has 1 atom stereocenters. The van der Waals surface area contributed by atoms with Gasteiger partial charge in [-0.05, 0) is 54.8 Å². The molecule has 3 aromatic rings. The second-order valence-corrected chi connectivity index (χ2v) is 7.59. The molecule has 0 spiro atoms. The van der Waals surface area contributed by atoms with Gasteiger partial charge >= 0.3 is 0 Å². The number of aromatic nitrogens is 1. The van der Waals surface area contributed by atoms with Crippen LogP contribution in [0.4, 0.5) is 5.69 Å². The average Bonchev–Trinajstić information content (AvgIpc) is 3.24. The maximum absolute atomic E-state index is 12.8. The number of amides is 2. The molecule has 1 fully saturated rings. The lowest BCUT2D eigenvalue weighted by Crippen LogP contribution is -2.39. The van der Waals surface area contributed by atoms with Gasteiger partial charge in [0.2, 0.25) is 5.91 Å². The number of aryl methyl sites for hydroxylation is 1. The molecule has 2 heterocycles. The van der Waals surface area contributed by atoms with Crippen molar-refractivity contribution in [1.82, 2.24) is 10.3 Å². The highest BCUT2D eigenvalue weighted by Crippen LogP contribution is 2.28. The Labute approximate surface area is 173 Å². The van der Waals surface area contributed by atoms with Crippen molar-refractivity contribution >= 4 is 40.0 Å². The Morgan fingerprint density at radius 1 is 1.24 bits per heavy atom. The lowest BCUT2D eigenvalue weighted by Gasteiger charge is -2.16. The van der Waals surface area contributed by atoms with E-state index in [1.807, 2.05) is 37.4 Å². The van der Waals surface area contributed by atoms with Gasteiger partial charge in [0, 0.05) is 28.7 Å². The molecule has 6 nitrogen and oxygen atoms in total. The Morgan fingerprint density at radius 2 is 2.07 bits per heavy atom. The predicted molar refractivity (Wildman–Crippen MR) is 114 cm³/mol. The molecule has 4 rings (SSSR count). The van der Waals surface area contributed by atoms with Crippen molar-refractivity contribution in [3.8, 4) is 5.75 Å². The van der Waals surface area contributed by atoms with Crippen molar-refractivity contribution in [1.29, 1.82) is 0 Å². The van der Waals surface area contributed by atoms with E-state index in [2.05, 4.69) is 10.3 Å². The first kappa shape index (κ1) is 19.5. The van der Waals surface area contributed by atoms with Gasteiger partial charge in [-0.1, -0.05) is 17.7 Å². The molecule has 1 aliphatic rings. The van der Waals surface area contributed by atoms with Crippen LogP contribution in [-0.4, -0.2) is 36.5 Å². The number of nitrogens with zero attached hydrogens (tertiary/aromatic N) is 1. The Balaban J connectivity index is 1.42. The highest BCUT2D eigenvalue weighted by Gasteiger charge is 2.39. The van der Waals surface area contributed by atoms with E-state index in [1.54, 1.807) is 19.2 Å². The number of H-pyrrole nitrogens is 1. The van der Waals surface area contributed by atoms with Crippen molar-refractivity contribution < 1.29 is 14.3 Å². The molecule has 29 heavy (non-hydrogen) atoms. The number of methoxy groups -OCH3 is 1. The zero-order valence-electron chi connectivity index (χ0n) is 16.3. The van der Waals surface area contributed by atoms with Crippen LogP contribution in [0.3, 0.4) is 0 Å². The zero-order valence-corrected chi connectivity index (χ0v) is 17.0. The maximum atomic E-state index is 12.8. The van der Waals surface area contributed by atoms with Crippen molar-refractivity contribution in [2.45, 2.75) is 25.8 Å². The number of carbonyl (C=O) groups is 2. The second kappa shape index (κ2) is 7.89. The summed E-state index contributed by atoms with van der Waals surface area (Å²) in [6.45, 7) is 2.46. The van der Waals surface area contributed by atoms with Gasteiger partial charge in [0.25, 0.3) is 5.91 Å². The minimum atomic E-state index is -0.526. The van der Waals surface area contributed by atoms with Crippen LogP contribution >= 0.6 is 11.6 Å². The molecule has 1 aliphatic heterocycles. The third kappa shape index (κ3) is 3.73. The van der Waals surface area contributed by atoms with Crippen molar-refractivity contribution in [3.63, 3.8) is 0 Å². The molecule has 7 heteroatoms. The van der Waals surface area contributed by atoms with E-state index < -0.39 is 6.04 Å². The minimum absolute atomic E-state index is 0.145. The first-order chi connectivity index (χ1) is 14.0. The molecule has 0 unspecified atom stereocenters. The summed E-state index contributed by atoms with van der Waals surface area (Å²) in [7, 11) is 1.64. The summed E-state index contributed by atoms with van der Waals surface area (Å²) in [6, 6.07) is 10.6. The van der Waals surface area contributed by atoms with Crippen molar-refractivity contribution in [2.24, 2.45) is 0 Å². The number of fused-ring (bicyclic) bond motifs is 1. The van der Waals surface area contributed by atoms with Crippen molar-refractivity contribution in [2.75, 3.05) is 18.6 Å². The molecule has 0 bridgehead atoms. The molecular formula is C22H22ClN3O3. The molecule has 2 amide bonds. The third-order valence-electron chi connectivity index (χ3n) is 5.32. The number of aromatic amines is 1. The van der Waals surface area contributed by atoms with Crippen LogP contribution in [0.1, 0.15) is 17.5 Å². The number of halogens is 1. The summed E-state index contributed by atoms with van der Waals surface area (Å²) < 4.78 is 5.30. The number of hydrogen-bond donors (Lipinski definition) is 2. The van der Waals surface area contributed by atoms with E-state index in [1.165, 1.54) is 4.90 Å². The molecule has 2 N–H and O–H groups in total. The van der Waals surface area contributed by atoms with E-state index in [9.17, 15) is 9.59 Å². The minimum Gasteiger partial charge on any atom is -0.497 e. The molecule has 1 aromatic heterocycles. The summed E-state index contributed by atoms with van der Waals surface area (Å²) >= 11 is 6.16. The van der Waals surface area contributed by atoms with Gasteiger partial charge in [-0.3, -0.25) is 9.59 Å². The average molecular weight is 412 g/mol. The standard InChI is InChI=1S/C22H22ClN3O3/c1-13-3-4-15(9-18(13)23)26-21(27)11-20(22(26)28)24-8-7-14-12-25-19-6-5-16(29-2)10-17(14)19/h3-6,9-10,12,20,24-25H,7-8,11H2,1-2H3/t20-/m1/s1. The third-order valence-corrected chi connectivity index (χ3v) is 5.73. The van der Waals surface area contributed by atoms with E-state index in [0.717, 1.165) is 34.2 Å². The van der Waals surface area contributed by atoms with E-state index in [0.29, 0.717) is 17.3 Å². The molecule has 150 valence electrons. The van der Waals surface area contributed by atoms with Crippen LogP contribution in [0.15, 0.2) is 42.6 Å². The number of benzene rings is 2. The molecular weight excluding hydrogens is 390 g/mol. The van der Waals surface area contributed by atoms with Crippen LogP contribution < -0.4 is 15.0 Å². The Hall–Kier alpha value is -2.83. The van der Waals surface area contributed by atoms with Crippen LogP contribution in [0.2, 0.25) is 5.02 Å². The summed E-state index contributed by atoms with van der Waals surface area (Å²) in [5.41, 5.74) is 3.59. The van der Waals surface area contributed by atoms with E-state index >= 15 is 0 Å². The number of carbonyl (C=O) groups excluding carboxylic acids is 2. The predicted octanol–water partition coefficient (Wildman–Crippen LogP) is 3.60. The number of hydrogen-bond acceptors (Lipinski definition) is 4. The molecule has 0 radical (unpaired) electrons. The van der Waals surface area contributed by atoms with Crippen molar-refractivity contribution in [3.05, 3.63) is 58.7 Å². The quantitative estimate of drug-likeness (QED) is 0.608. The highest BCUT2D eigenvalue weighted by molar-refractivity contribution is 6.32. The van der Waals surface area contributed by atoms with Gasteiger partial charge in [-0.2, -0.15) is 0 Å². The maximum Gasteiger partial charge on any atom is 0.251 e. The van der Waals surface area contributed by atoms with Gasteiger partial charge in [0.1, 0.15) is 5.75 Å². The number of rotatable bonds is 6. The topological polar surface area (TPSA) is 74.4 Å². The molecule has 2 aromatic carbocycles. The fraction of sp³-hybridized carbons (Fsp3) is 0.273. The molecule has 0 saturated carbocycles. The normalized spacial score (nSPS) is 16.8. The number of nitrogens with one attached hydrogen (secondary N) is 2. The lowest BCUT2D eigenvalue weighted by atomic mass is 10.1. The lowest BCUT2D eigenvalue weighted by molar-refractivity contribution is -0.121. The van der Waals surface area contributed by atoms with Crippen LogP contribution in [0.25, 0.3) is 10.9 Å². The van der Waals surface area contributed by atoms with Gasteiger partial charge in [-0.15, -0.1) is 0 Å². The SMILES string of the molecule is COc1ccc2[nH]cc(CCN[C@@H]3CC(=O)N(c4ccc(C)c(Cl)c4)C3=O)c2c1. The Morgan fingerprint density at radius 3 is 2.83 bits per heavy atom. The highest BCUT2D eigenvalue weighted by atomic mass is 35.5. The number of anilines is 1. The van der Waals surface area contributed by atoms with E-state index in [4.69, 9.17) is 16.3 Å². The monoisotopic (exact) mass is 411 g/mol. The van der Waals surface area contributed by atoms with Gasteiger partial charge in [-0.25, -0.2) is 4.90 Å². The van der Waals surface area contributed by atoms with Gasteiger partial charge in [0.05, 0.1) is 25.3 Å². The number of ether oxygens (including phenoxy) is 1. The Kier molecular flexibility index (Phi) is 5.30. The van der Waals surface area contributed by atoms with Gasteiger partial charge < -0.3 is 15.0 Å². The van der Waals surface area contributed by atoms with Crippen LogP contribution in [-0.2, 0) is 16.0 Å². The molecule has 0 aliphatic carbocycles. The zero-order chi connectivity index (χ0) is 20.5. The van der Waals surface area contributed by atoms with Crippen LogP contribution in [0.5, 0.6) is 5.75 Å². The molecule has 1 saturated heterocycles. The first-order valence-electron chi connectivity index (χ1n) is 9.48. The number of imide groups is 1. The van der Waals surface area contributed by atoms with Crippen LogP contribution in [0, 0.1) is 6.92 Å². The second-order valence-electron chi connectivity index (χ2n) is 7.19. The fourth-order valence-corrected chi connectivity index (χ4v) is 3.83. The first-order valence-corrected chi connectivity index (χ1v) is 9.86. The van der Waals surface area contributed by atoms with E-state index in [-0.39, 0.29) is 18.2 Å². The Bertz CT molecular complexity index is 1090. The summed E-state index contributed by atoms with van der Waals surface area (Å²) in [4.78, 5) is 29.7.